The summed E-state index contributed by atoms with van der Waals surface area (Å²) in [7, 11) is 0. The molecule has 0 aromatic heterocycles. The molecule has 0 saturated carbocycles. The third-order valence-electron chi connectivity index (χ3n) is 1.68. The Morgan fingerprint density at radius 3 is 1.06 bits per heavy atom. The Hall–Kier alpha value is -0.880. The molecule has 1 atom stereocenters. The first kappa shape index (κ1) is 17.1. The maximum atomic E-state index is 12.6. The Bertz CT molecular complexity index is 301. The molecule has 0 heterocycles. The van der Waals surface area contributed by atoms with E-state index < -0.39 is 30.1 Å². The predicted molar refractivity (Wildman–Crippen MR) is 28.0 cm³/mol. The number of alkyl halides is 11. The van der Waals surface area contributed by atoms with Gasteiger partial charge in [-0.2, -0.15) is 43.9 Å². The first-order valence-electron chi connectivity index (χ1n) is 3.44. The SMILES string of the molecule is FOC(F)(F)C(F)(C(F)(F)F)C(F)(F)C(F)(F)F. The monoisotopic (exact) mass is 304 g/mol. The normalized spacial score (nSPS) is 18.7. The van der Waals surface area contributed by atoms with Gasteiger partial charge in [0.25, 0.3) is 0 Å². The highest BCUT2D eigenvalue weighted by molar-refractivity contribution is 5.08. The van der Waals surface area contributed by atoms with Crippen molar-refractivity contribution in [3.05, 3.63) is 0 Å². The van der Waals surface area contributed by atoms with Crippen LogP contribution in [0.4, 0.5) is 52.8 Å². The van der Waals surface area contributed by atoms with Crippen LogP contribution in [0.1, 0.15) is 0 Å². The van der Waals surface area contributed by atoms with E-state index in [4.69, 9.17) is 0 Å². The van der Waals surface area contributed by atoms with Crippen LogP contribution in [0.5, 0.6) is 0 Å². The van der Waals surface area contributed by atoms with Gasteiger partial charge in [0.05, 0.1) is 0 Å². The van der Waals surface area contributed by atoms with E-state index in [2.05, 4.69) is 0 Å². The van der Waals surface area contributed by atoms with Crippen molar-refractivity contribution in [2.24, 2.45) is 0 Å². The van der Waals surface area contributed by atoms with E-state index in [1.807, 2.05) is 0 Å². The van der Waals surface area contributed by atoms with Gasteiger partial charge < -0.3 is 0 Å². The molecule has 1 unspecified atom stereocenters. The second-order valence-corrected chi connectivity index (χ2v) is 2.82. The van der Waals surface area contributed by atoms with E-state index in [1.165, 1.54) is 0 Å². The van der Waals surface area contributed by atoms with Crippen molar-refractivity contribution in [2.75, 3.05) is 0 Å². The maximum absolute atomic E-state index is 12.6. The Balaban J connectivity index is 6.14. The molecule has 0 aromatic carbocycles. The Morgan fingerprint density at radius 1 is 0.556 bits per heavy atom. The fourth-order valence-corrected chi connectivity index (χ4v) is 0.774. The summed E-state index contributed by atoms with van der Waals surface area (Å²) in [6.45, 7) is 0. The topological polar surface area (TPSA) is 9.23 Å². The first-order valence-corrected chi connectivity index (χ1v) is 3.44. The third kappa shape index (κ3) is 2.07. The van der Waals surface area contributed by atoms with Crippen LogP contribution in [0.25, 0.3) is 0 Å². The molecule has 0 aromatic rings. The van der Waals surface area contributed by atoms with Crippen LogP contribution < -0.4 is 0 Å². The largest absolute Gasteiger partial charge is 0.457 e. The zero-order valence-corrected chi connectivity index (χ0v) is 7.44. The van der Waals surface area contributed by atoms with Gasteiger partial charge >= 0.3 is 30.1 Å². The van der Waals surface area contributed by atoms with E-state index in [-0.39, 0.29) is 0 Å². The molecule has 0 rings (SSSR count). The van der Waals surface area contributed by atoms with E-state index >= 15 is 0 Å². The predicted octanol–water partition coefficient (Wildman–Crippen LogP) is 3.95. The molecular formula is C5F12O. The third-order valence-corrected chi connectivity index (χ3v) is 1.68. The first-order chi connectivity index (χ1) is 7.56. The van der Waals surface area contributed by atoms with Gasteiger partial charge in [0.2, 0.25) is 0 Å². The molecule has 0 saturated heterocycles. The molecule has 0 spiro atoms. The smallest absolute Gasteiger partial charge is 0.216 e. The van der Waals surface area contributed by atoms with Crippen LogP contribution >= 0.6 is 0 Å². The summed E-state index contributed by atoms with van der Waals surface area (Å²) in [6, 6.07) is 0. The molecule has 1 nitrogen and oxygen atoms in total. The molecule has 0 fully saturated rings. The standard InChI is InChI=1S/C5F12O/c6-1(3(9,10)11,5(15,16)18-17)2(7,8)4(12,13)14. The summed E-state index contributed by atoms with van der Waals surface area (Å²) in [5.41, 5.74) is -7.62. The van der Waals surface area contributed by atoms with Crippen molar-refractivity contribution in [3.63, 3.8) is 0 Å². The van der Waals surface area contributed by atoms with Crippen molar-refractivity contribution < 1.29 is 57.8 Å². The zero-order valence-electron chi connectivity index (χ0n) is 7.44. The van der Waals surface area contributed by atoms with Crippen LogP contribution in [0, 0.1) is 0 Å². The van der Waals surface area contributed by atoms with Crippen molar-refractivity contribution >= 4 is 0 Å². The minimum Gasteiger partial charge on any atom is -0.216 e. The minimum atomic E-state index is -7.64. The Labute approximate surface area is 89.2 Å². The van der Waals surface area contributed by atoms with Crippen LogP contribution in [0.15, 0.2) is 0 Å². The molecule has 110 valence electrons. The Morgan fingerprint density at radius 2 is 0.889 bits per heavy atom. The molecule has 0 aliphatic carbocycles. The zero-order chi connectivity index (χ0) is 15.2. The summed E-state index contributed by atoms with van der Waals surface area (Å²) in [5.74, 6) is -7.64. The van der Waals surface area contributed by atoms with Gasteiger partial charge in [0.15, 0.2) is 0 Å². The summed E-state index contributed by atoms with van der Waals surface area (Å²) in [4.78, 5) is 1.00. The van der Waals surface area contributed by atoms with Gasteiger partial charge in [-0.05, 0) is 4.53 Å². The lowest BCUT2D eigenvalue weighted by atomic mass is 9.94. The van der Waals surface area contributed by atoms with Crippen LogP contribution in [0.2, 0.25) is 0 Å². The van der Waals surface area contributed by atoms with Crippen molar-refractivity contribution in [3.8, 4) is 0 Å². The van der Waals surface area contributed by atoms with Gasteiger partial charge in [-0.25, -0.2) is 4.39 Å². The molecule has 0 amide bonds. The fourth-order valence-electron chi connectivity index (χ4n) is 0.774. The van der Waals surface area contributed by atoms with Gasteiger partial charge in [0.1, 0.15) is 0 Å². The van der Waals surface area contributed by atoms with Gasteiger partial charge in [-0.1, -0.05) is 0 Å². The van der Waals surface area contributed by atoms with Crippen molar-refractivity contribution in [2.45, 2.75) is 30.1 Å². The fraction of sp³-hybridized carbons (Fsp3) is 1.00. The molecule has 0 aliphatic heterocycles. The molecular weight excluding hydrogens is 304 g/mol. The Kier molecular flexibility index (Phi) is 3.86. The average Bonchev–Trinajstić information content (AvgIpc) is 2.12. The van der Waals surface area contributed by atoms with Gasteiger partial charge in [-0.15, -0.1) is 4.94 Å². The average molecular weight is 304 g/mol. The summed E-state index contributed by atoms with van der Waals surface area (Å²) in [6.07, 6.45) is -21.9. The summed E-state index contributed by atoms with van der Waals surface area (Å²) < 4.78 is 142. The summed E-state index contributed by atoms with van der Waals surface area (Å²) in [5, 5.41) is 0. The van der Waals surface area contributed by atoms with E-state index in [9.17, 15) is 52.8 Å². The van der Waals surface area contributed by atoms with Crippen LogP contribution in [-0.2, 0) is 4.94 Å². The van der Waals surface area contributed by atoms with E-state index in [0.29, 0.717) is 0 Å². The maximum Gasteiger partial charge on any atom is 0.457 e. The molecule has 0 radical (unpaired) electrons. The number of hydrogen-bond donors (Lipinski definition) is 0. The highest BCUT2D eigenvalue weighted by Gasteiger charge is 2.91. The van der Waals surface area contributed by atoms with Crippen LogP contribution in [-0.4, -0.2) is 30.1 Å². The second kappa shape index (κ2) is 4.06. The van der Waals surface area contributed by atoms with Gasteiger partial charge in [0, 0.05) is 0 Å². The van der Waals surface area contributed by atoms with Crippen molar-refractivity contribution in [1.29, 1.82) is 0 Å². The van der Waals surface area contributed by atoms with Gasteiger partial charge in [-0.3, -0.25) is 0 Å². The quantitative estimate of drug-likeness (QED) is 0.717. The van der Waals surface area contributed by atoms with Crippen molar-refractivity contribution in [1.82, 2.24) is 0 Å². The highest BCUT2D eigenvalue weighted by Crippen LogP contribution is 2.59. The lowest BCUT2D eigenvalue weighted by Gasteiger charge is -2.37. The molecule has 0 N–H and O–H groups in total. The number of halogens is 12. The lowest BCUT2D eigenvalue weighted by Crippen LogP contribution is -2.70. The van der Waals surface area contributed by atoms with Crippen LogP contribution in [0.3, 0.4) is 0 Å². The summed E-state index contributed by atoms with van der Waals surface area (Å²) >= 11 is 0. The second-order valence-electron chi connectivity index (χ2n) is 2.82. The van der Waals surface area contributed by atoms with E-state index in [1.54, 1.807) is 0 Å². The molecule has 0 aliphatic rings. The molecule has 18 heavy (non-hydrogen) atoms. The highest BCUT2D eigenvalue weighted by atomic mass is 19.4. The van der Waals surface area contributed by atoms with E-state index in [0.717, 1.165) is 4.94 Å². The number of hydrogen-bond acceptors (Lipinski definition) is 1. The number of rotatable bonds is 3. The minimum absolute atomic E-state index is 1.00. The lowest BCUT2D eigenvalue weighted by molar-refractivity contribution is -0.495. The molecule has 0 bridgehead atoms. The molecule has 13 heteroatoms.